The molecule has 3 N–H and O–H groups in total. The van der Waals surface area contributed by atoms with Crippen LogP contribution in [0, 0.1) is 5.82 Å². The van der Waals surface area contributed by atoms with Gasteiger partial charge < -0.3 is 20.4 Å². The van der Waals surface area contributed by atoms with Crippen molar-refractivity contribution in [2.24, 2.45) is 0 Å². The van der Waals surface area contributed by atoms with Crippen molar-refractivity contribution < 1.29 is 24.2 Å². The Bertz CT molecular complexity index is 487. The molecule has 0 aliphatic rings. The molecule has 1 aromatic rings. The normalized spacial score (nSPS) is 10.2. The van der Waals surface area contributed by atoms with Crippen LogP contribution in [0.15, 0.2) is 18.2 Å². The molecule has 0 atom stereocenters. The lowest BCUT2D eigenvalue weighted by molar-refractivity contribution is 0.0692. The maximum atomic E-state index is 13.5. The van der Waals surface area contributed by atoms with Crippen molar-refractivity contribution in [3.8, 4) is 0 Å². The summed E-state index contributed by atoms with van der Waals surface area (Å²) in [7, 11) is 0. The largest absolute Gasteiger partial charge is 0.478 e. The number of carboxylic acid groups (broad SMARTS) is 1. The zero-order valence-corrected chi connectivity index (χ0v) is 11.1. The summed E-state index contributed by atoms with van der Waals surface area (Å²) in [4.78, 5) is 23.9. The SMILES string of the molecule is CCCN(CCO)C(=O)Nc1ccc(C(=O)O)c(F)c1. The summed E-state index contributed by atoms with van der Waals surface area (Å²) in [5.41, 5.74) is -0.291. The molecule has 0 spiro atoms. The summed E-state index contributed by atoms with van der Waals surface area (Å²) < 4.78 is 13.5. The number of hydrogen-bond donors (Lipinski definition) is 3. The van der Waals surface area contributed by atoms with Crippen LogP contribution in [-0.4, -0.2) is 46.8 Å². The Morgan fingerprint density at radius 2 is 2.05 bits per heavy atom. The first-order chi connectivity index (χ1) is 9.49. The minimum absolute atomic E-state index is 0.163. The van der Waals surface area contributed by atoms with E-state index in [2.05, 4.69) is 5.32 Å². The first kappa shape index (κ1) is 15.9. The number of nitrogens with one attached hydrogen (secondary N) is 1. The van der Waals surface area contributed by atoms with E-state index in [1.807, 2.05) is 6.92 Å². The van der Waals surface area contributed by atoms with Gasteiger partial charge >= 0.3 is 12.0 Å². The standard InChI is InChI=1S/C13H17FN2O4/c1-2-5-16(6-7-17)13(20)15-9-3-4-10(12(18)19)11(14)8-9/h3-4,8,17H,2,5-7H2,1H3,(H,15,20)(H,18,19). The topological polar surface area (TPSA) is 89.9 Å². The predicted molar refractivity (Wildman–Crippen MR) is 71.3 cm³/mol. The molecule has 0 saturated heterocycles. The Balaban J connectivity index is 2.79. The highest BCUT2D eigenvalue weighted by Gasteiger charge is 2.14. The first-order valence-corrected chi connectivity index (χ1v) is 6.19. The van der Waals surface area contributed by atoms with E-state index in [9.17, 15) is 14.0 Å². The molecule has 0 radical (unpaired) electrons. The van der Waals surface area contributed by atoms with Gasteiger partial charge in [0.05, 0.1) is 12.2 Å². The molecular weight excluding hydrogens is 267 g/mol. The molecule has 1 rings (SSSR count). The number of carbonyl (C=O) groups is 2. The minimum atomic E-state index is -1.37. The van der Waals surface area contributed by atoms with Crippen molar-refractivity contribution in [1.29, 1.82) is 0 Å². The molecule has 6 nitrogen and oxygen atoms in total. The van der Waals surface area contributed by atoms with Gasteiger partial charge in [-0.2, -0.15) is 0 Å². The lowest BCUT2D eigenvalue weighted by Crippen LogP contribution is -2.37. The predicted octanol–water partition coefficient (Wildman–Crippen LogP) is 1.76. The third-order valence-corrected chi connectivity index (χ3v) is 2.60. The molecule has 0 saturated carbocycles. The third kappa shape index (κ3) is 4.20. The smallest absolute Gasteiger partial charge is 0.338 e. The van der Waals surface area contributed by atoms with Gasteiger partial charge in [0.1, 0.15) is 5.82 Å². The van der Waals surface area contributed by atoms with Gasteiger partial charge in [-0.1, -0.05) is 6.92 Å². The van der Waals surface area contributed by atoms with Gasteiger partial charge in [-0.25, -0.2) is 14.0 Å². The molecule has 20 heavy (non-hydrogen) atoms. The van der Waals surface area contributed by atoms with E-state index in [0.717, 1.165) is 18.6 Å². The molecule has 0 bridgehead atoms. The van der Waals surface area contributed by atoms with E-state index in [1.165, 1.54) is 11.0 Å². The molecule has 0 aromatic heterocycles. The highest BCUT2D eigenvalue weighted by molar-refractivity contribution is 5.91. The van der Waals surface area contributed by atoms with Crippen LogP contribution >= 0.6 is 0 Å². The van der Waals surface area contributed by atoms with Crippen LogP contribution in [0.1, 0.15) is 23.7 Å². The number of benzene rings is 1. The average Bonchev–Trinajstić information content (AvgIpc) is 2.38. The fraction of sp³-hybridized carbons (Fsp3) is 0.385. The Kier molecular flexibility index (Phi) is 5.92. The summed E-state index contributed by atoms with van der Waals surface area (Å²) in [6.45, 7) is 2.36. The molecule has 0 aliphatic carbocycles. The number of hydrogen-bond acceptors (Lipinski definition) is 3. The number of rotatable bonds is 6. The van der Waals surface area contributed by atoms with Crippen molar-refractivity contribution in [2.45, 2.75) is 13.3 Å². The molecule has 0 unspecified atom stereocenters. The van der Waals surface area contributed by atoms with Gasteiger partial charge in [0.25, 0.3) is 0 Å². The Hall–Kier alpha value is -2.15. The quantitative estimate of drug-likeness (QED) is 0.742. The van der Waals surface area contributed by atoms with E-state index in [4.69, 9.17) is 10.2 Å². The second kappa shape index (κ2) is 7.44. The second-order valence-corrected chi connectivity index (χ2v) is 4.14. The maximum absolute atomic E-state index is 13.5. The number of anilines is 1. The molecule has 1 aromatic carbocycles. The van der Waals surface area contributed by atoms with Gasteiger partial charge in [-0.3, -0.25) is 0 Å². The number of halogens is 1. The van der Waals surface area contributed by atoms with E-state index < -0.39 is 23.4 Å². The van der Waals surface area contributed by atoms with Gasteiger partial charge in [0, 0.05) is 18.8 Å². The van der Waals surface area contributed by atoms with Gasteiger partial charge in [-0.15, -0.1) is 0 Å². The third-order valence-electron chi connectivity index (χ3n) is 2.60. The zero-order valence-electron chi connectivity index (χ0n) is 11.1. The molecular formula is C13H17FN2O4. The zero-order chi connectivity index (χ0) is 15.1. The summed E-state index contributed by atoms with van der Waals surface area (Å²) in [5, 5.41) is 20.0. The molecule has 2 amide bonds. The van der Waals surface area contributed by atoms with Crippen molar-refractivity contribution in [3.63, 3.8) is 0 Å². The number of urea groups is 1. The molecule has 0 aliphatic heterocycles. The number of aromatic carboxylic acids is 1. The summed E-state index contributed by atoms with van der Waals surface area (Å²) in [6, 6.07) is 2.88. The molecule has 0 fully saturated rings. The number of aliphatic hydroxyl groups is 1. The van der Waals surface area contributed by atoms with Crippen LogP contribution in [0.4, 0.5) is 14.9 Å². The number of nitrogens with zero attached hydrogens (tertiary/aromatic N) is 1. The number of aliphatic hydroxyl groups excluding tert-OH is 1. The van der Waals surface area contributed by atoms with Crippen LogP contribution in [0.3, 0.4) is 0 Å². The van der Waals surface area contributed by atoms with Crippen molar-refractivity contribution >= 4 is 17.7 Å². The summed E-state index contributed by atoms with van der Waals surface area (Å²) in [6.07, 6.45) is 0.722. The highest BCUT2D eigenvalue weighted by Crippen LogP contribution is 2.15. The van der Waals surface area contributed by atoms with E-state index >= 15 is 0 Å². The van der Waals surface area contributed by atoms with Crippen LogP contribution in [0.25, 0.3) is 0 Å². The van der Waals surface area contributed by atoms with Crippen molar-refractivity contribution in [2.75, 3.05) is 25.0 Å². The van der Waals surface area contributed by atoms with Gasteiger partial charge in [0.2, 0.25) is 0 Å². The fourth-order valence-electron chi connectivity index (χ4n) is 1.67. The van der Waals surface area contributed by atoms with Crippen molar-refractivity contribution in [1.82, 2.24) is 4.90 Å². The van der Waals surface area contributed by atoms with E-state index in [-0.39, 0.29) is 18.8 Å². The molecule has 110 valence electrons. The molecule has 7 heteroatoms. The van der Waals surface area contributed by atoms with E-state index in [1.54, 1.807) is 0 Å². The lowest BCUT2D eigenvalue weighted by atomic mass is 10.2. The van der Waals surface area contributed by atoms with Gasteiger partial charge in [0.15, 0.2) is 0 Å². The van der Waals surface area contributed by atoms with E-state index in [0.29, 0.717) is 6.54 Å². The van der Waals surface area contributed by atoms with Crippen LogP contribution < -0.4 is 5.32 Å². The fourth-order valence-corrected chi connectivity index (χ4v) is 1.67. The Morgan fingerprint density at radius 1 is 1.35 bits per heavy atom. The first-order valence-electron chi connectivity index (χ1n) is 6.19. The molecule has 0 heterocycles. The Labute approximate surface area is 115 Å². The number of carbonyl (C=O) groups excluding carboxylic acids is 1. The maximum Gasteiger partial charge on any atom is 0.338 e. The number of amides is 2. The Morgan fingerprint density at radius 3 is 2.55 bits per heavy atom. The summed E-state index contributed by atoms with van der Waals surface area (Å²) in [5.74, 6) is -2.28. The second-order valence-electron chi connectivity index (χ2n) is 4.14. The monoisotopic (exact) mass is 284 g/mol. The van der Waals surface area contributed by atoms with Crippen LogP contribution in [0.5, 0.6) is 0 Å². The van der Waals surface area contributed by atoms with Crippen molar-refractivity contribution in [3.05, 3.63) is 29.6 Å². The highest BCUT2D eigenvalue weighted by atomic mass is 19.1. The lowest BCUT2D eigenvalue weighted by Gasteiger charge is -2.21. The van der Waals surface area contributed by atoms with Gasteiger partial charge in [-0.05, 0) is 24.6 Å². The summed E-state index contributed by atoms with van der Waals surface area (Å²) >= 11 is 0. The average molecular weight is 284 g/mol. The van der Waals surface area contributed by atoms with Crippen LogP contribution in [-0.2, 0) is 0 Å². The van der Waals surface area contributed by atoms with Crippen LogP contribution in [0.2, 0.25) is 0 Å². The number of carboxylic acids is 1. The minimum Gasteiger partial charge on any atom is -0.478 e.